The molecule has 0 amide bonds. The summed E-state index contributed by atoms with van der Waals surface area (Å²) >= 11 is 0. The van der Waals surface area contributed by atoms with Crippen LogP contribution in [0.1, 0.15) is 40.0 Å². The molecule has 4 unspecified atom stereocenters. The SMILES string of the molecule is CC(C)C(C)C1CCC2CC21. The highest BCUT2D eigenvalue weighted by atomic mass is 14.5. The van der Waals surface area contributed by atoms with E-state index in [9.17, 15) is 0 Å². The van der Waals surface area contributed by atoms with Crippen LogP contribution in [0.5, 0.6) is 0 Å². The molecule has 0 N–H and O–H groups in total. The van der Waals surface area contributed by atoms with Crippen molar-refractivity contribution in [2.45, 2.75) is 40.0 Å². The minimum Gasteiger partial charge on any atom is -0.0625 e. The summed E-state index contributed by atoms with van der Waals surface area (Å²) in [7, 11) is 0. The Balaban J connectivity index is 1.94. The summed E-state index contributed by atoms with van der Waals surface area (Å²) in [6.07, 6.45) is 4.66. The summed E-state index contributed by atoms with van der Waals surface area (Å²) < 4.78 is 0. The van der Waals surface area contributed by atoms with Gasteiger partial charge in [0.05, 0.1) is 0 Å². The van der Waals surface area contributed by atoms with Gasteiger partial charge in [0.25, 0.3) is 0 Å². The Morgan fingerprint density at radius 3 is 2.18 bits per heavy atom. The van der Waals surface area contributed by atoms with Gasteiger partial charge < -0.3 is 0 Å². The predicted octanol–water partition coefficient (Wildman–Crippen LogP) is 3.32. The summed E-state index contributed by atoms with van der Waals surface area (Å²) in [5.74, 6) is 5.31. The molecule has 2 saturated carbocycles. The molecular weight excluding hydrogens is 132 g/mol. The van der Waals surface area contributed by atoms with E-state index in [-0.39, 0.29) is 0 Å². The van der Waals surface area contributed by atoms with Crippen LogP contribution in [0.4, 0.5) is 0 Å². The third kappa shape index (κ3) is 1.21. The van der Waals surface area contributed by atoms with E-state index < -0.39 is 0 Å². The number of hydrogen-bond acceptors (Lipinski definition) is 0. The zero-order chi connectivity index (χ0) is 8.01. The second-order valence-electron chi connectivity index (χ2n) is 5.00. The molecule has 0 aliphatic heterocycles. The van der Waals surface area contributed by atoms with Crippen molar-refractivity contribution in [3.8, 4) is 0 Å². The summed E-state index contributed by atoms with van der Waals surface area (Å²) in [5.41, 5.74) is 0. The molecule has 0 aromatic heterocycles. The fourth-order valence-electron chi connectivity index (χ4n) is 2.90. The molecular formula is C11H20. The van der Waals surface area contributed by atoms with E-state index in [1.165, 1.54) is 12.3 Å². The van der Waals surface area contributed by atoms with Crippen LogP contribution in [-0.2, 0) is 0 Å². The van der Waals surface area contributed by atoms with Crippen molar-refractivity contribution in [3.63, 3.8) is 0 Å². The fourth-order valence-corrected chi connectivity index (χ4v) is 2.90. The molecule has 0 bridgehead atoms. The van der Waals surface area contributed by atoms with E-state index in [4.69, 9.17) is 0 Å². The quantitative estimate of drug-likeness (QED) is 0.569. The molecule has 0 aromatic carbocycles. The lowest BCUT2D eigenvalue weighted by Gasteiger charge is -2.24. The predicted molar refractivity (Wildman–Crippen MR) is 48.3 cm³/mol. The van der Waals surface area contributed by atoms with Gasteiger partial charge >= 0.3 is 0 Å². The van der Waals surface area contributed by atoms with E-state index in [1.54, 1.807) is 12.8 Å². The first-order valence-corrected chi connectivity index (χ1v) is 5.20. The van der Waals surface area contributed by atoms with Crippen molar-refractivity contribution in [3.05, 3.63) is 0 Å². The van der Waals surface area contributed by atoms with Gasteiger partial charge in [0.15, 0.2) is 0 Å². The van der Waals surface area contributed by atoms with Gasteiger partial charge in [-0.05, 0) is 48.9 Å². The van der Waals surface area contributed by atoms with Gasteiger partial charge in [0, 0.05) is 0 Å². The first kappa shape index (κ1) is 7.64. The molecule has 64 valence electrons. The zero-order valence-electron chi connectivity index (χ0n) is 8.01. The fraction of sp³-hybridized carbons (Fsp3) is 1.00. The van der Waals surface area contributed by atoms with Crippen LogP contribution in [0, 0.1) is 29.6 Å². The minimum absolute atomic E-state index is 0.902. The van der Waals surface area contributed by atoms with Gasteiger partial charge in [-0.15, -0.1) is 0 Å². The molecule has 0 heteroatoms. The number of rotatable bonds is 2. The van der Waals surface area contributed by atoms with Crippen LogP contribution in [0.25, 0.3) is 0 Å². The normalized spacial score (nSPS) is 44.2. The number of hydrogen-bond donors (Lipinski definition) is 0. The first-order chi connectivity index (χ1) is 5.20. The van der Waals surface area contributed by atoms with Gasteiger partial charge in [-0.25, -0.2) is 0 Å². The summed E-state index contributed by atoms with van der Waals surface area (Å²) in [6.45, 7) is 7.21. The second kappa shape index (κ2) is 2.50. The lowest BCUT2D eigenvalue weighted by Crippen LogP contribution is -2.16. The summed E-state index contributed by atoms with van der Waals surface area (Å²) in [4.78, 5) is 0. The van der Waals surface area contributed by atoms with Crippen LogP contribution in [0.15, 0.2) is 0 Å². The topological polar surface area (TPSA) is 0 Å². The van der Waals surface area contributed by atoms with Gasteiger partial charge in [0.2, 0.25) is 0 Å². The maximum atomic E-state index is 2.45. The Bertz CT molecular complexity index is 148. The summed E-state index contributed by atoms with van der Waals surface area (Å²) in [5, 5.41) is 0. The largest absolute Gasteiger partial charge is 0.0625 e. The molecule has 0 radical (unpaired) electrons. The van der Waals surface area contributed by atoms with Gasteiger partial charge in [-0.3, -0.25) is 0 Å². The molecule has 0 nitrogen and oxygen atoms in total. The van der Waals surface area contributed by atoms with E-state index in [0.29, 0.717) is 0 Å². The Morgan fingerprint density at radius 1 is 1.09 bits per heavy atom. The lowest BCUT2D eigenvalue weighted by molar-refractivity contribution is 0.255. The van der Waals surface area contributed by atoms with Gasteiger partial charge in [-0.2, -0.15) is 0 Å². The van der Waals surface area contributed by atoms with Crippen LogP contribution in [0.2, 0.25) is 0 Å². The Morgan fingerprint density at radius 2 is 1.82 bits per heavy atom. The van der Waals surface area contributed by atoms with Crippen molar-refractivity contribution in [1.82, 2.24) is 0 Å². The molecule has 0 spiro atoms. The average Bonchev–Trinajstić information content (AvgIpc) is 2.62. The van der Waals surface area contributed by atoms with E-state index in [2.05, 4.69) is 20.8 Å². The van der Waals surface area contributed by atoms with E-state index in [1.807, 2.05) is 0 Å². The highest BCUT2D eigenvalue weighted by molar-refractivity contribution is 4.99. The molecule has 2 fully saturated rings. The smallest absolute Gasteiger partial charge is 0.0352 e. The van der Waals surface area contributed by atoms with E-state index >= 15 is 0 Å². The highest BCUT2D eigenvalue weighted by Gasteiger charge is 2.49. The third-order valence-electron chi connectivity index (χ3n) is 4.12. The maximum Gasteiger partial charge on any atom is -0.0352 e. The molecule has 0 saturated heterocycles. The maximum absolute atomic E-state index is 2.45. The minimum atomic E-state index is 0.902. The van der Waals surface area contributed by atoms with Crippen molar-refractivity contribution < 1.29 is 0 Å². The Labute approximate surface area is 70.4 Å². The van der Waals surface area contributed by atoms with Gasteiger partial charge in [0.1, 0.15) is 0 Å². The molecule has 11 heavy (non-hydrogen) atoms. The third-order valence-corrected chi connectivity index (χ3v) is 4.12. The van der Waals surface area contributed by atoms with Crippen LogP contribution >= 0.6 is 0 Å². The van der Waals surface area contributed by atoms with Crippen molar-refractivity contribution >= 4 is 0 Å². The van der Waals surface area contributed by atoms with E-state index in [0.717, 1.165) is 23.7 Å². The summed E-state index contributed by atoms with van der Waals surface area (Å²) in [6, 6.07) is 0. The number of fused-ring (bicyclic) bond motifs is 1. The van der Waals surface area contributed by atoms with Crippen molar-refractivity contribution in [1.29, 1.82) is 0 Å². The standard InChI is InChI=1S/C11H20/c1-7(2)8(3)10-5-4-9-6-11(9)10/h7-11H,4-6H2,1-3H3. The first-order valence-electron chi connectivity index (χ1n) is 5.20. The molecule has 2 rings (SSSR count). The van der Waals surface area contributed by atoms with Crippen molar-refractivity contribution in [2.75, 3.05) is 0 Å². The molecule has 2 aliphatic carbocycles. The molecule has 4 atom stereocenters. The molecule has 0 aromatic rings. The second-order valence-corrected chi connectivity index (χ2v) is 5.00. The van der Waals surface area contributed by atoms with Crippen LogP contribution < -0.4 is 0 Å². The average molecular weight is 152 g/mol. The zero-order valence-corrected chi connectivity index (χ0v) is 8.01. The molecule has 2 aliphatic rings. The monoisotopic (exact) mass is 152 g/mol. The van der Waals surface area contributed by atoms with Crippen molar-refractivity contribution in [2.24, 2.45) is 29.6 Å². The Hall–Kier alpha value is 0. The lowest BCUT2D eigenvalue weighted by atomic mass is 9.82. The van der Waals surface area contributed by atoms with Gasteiger partial charge in [-0.1, -0.05) is 20.8 Å². The van der Waals surface area contributed by atoms with Crippen LogP contribution in [-0.4, -0.2) is 0 Å². The highest BCUT2D eigenvalue weighted by Crippen LogP contribution is 2.58. The van der Waals surface area contributed by atoms with Crippen LogP contribution in [0.3, 0.4) is 0 Å². The Kier molecular flexibility index (Phi) is 1.74. The molecule has 0 heterocycles.